The Morgan fingerprint density at radius 3 is 2.51 bits per heavy atom. The maximum Gasteiger partial charge on any atom is 0.391 e. The summed E-state index contributed by atoms with van der Waals surface area (Å²) in [6.45, 7) is 2.65. The van der Waals surface area contributed by atoms with Crippen molar-refractivity contribution in [3.63, 3.8) is 0 Å². The number of carbonyl (C=O) groups is 1. The third kappa shape index (κ3) is 7.46. The van der Waals surface area contributed by atoms with E-state index < -0.39 is 27.8 Å². The predicted octanol–water partition coefficient (Wildman–Crippen LogP) is 5.49. The van der Waals surface area contributed by atoms with Crippen LogP contribution in [0, 0.1) is 11.8 Å². The molecule has 0 spiro atoms. The van der Waals surface area contributed by atoms with Crippen LogP contribution in [0.2, 0.25) is 5.02 Å². The monoisotopic (exact) mass is 619 g/mol. The molecule has 0 saturated heterocycles. The molecule has 228 valence electrons. The number of hydrogen-bond acceptors (Lipinski definition) is 7. The van der Waals surface area contributed by atoms with Crippen LogP contribution in [-0.4, -0.2) is 66.5 Å². The summed E-state index contributed by atoms with van der Waals surface area (Å²) >= 11 is 6.70. The van der Waals surface area contributed by atoms with Gasteiger partial charge in [-0.3, -0.25) is 9.48 Å². The molecule has 1 amide bonds. The van der Waals surface area contributed by atoms with E-state index in [0.29, 0.717) is 74.4 Å². The van der Waals surface area contributed by atoms with Gasteiger partial charge in [0.25, 0.3) is 5.91 Å². The molecule has 4 rings (SSSR count). The van der Waals surface area contributed by atoms with Crippen LogP contribution in [0.15, 0.2) is 12.3 Å². The first kappa shape index (κ1) is 31.4. The molecule has 2 unspecified atom stereocenters. The van der Waals surface area contributed by atoms with Gasteiger partial charge < -0.3 is 15.4 Å². The first-order valence-electron chi connectivity index (χ1n) is 13.9. The third-order valence-corrected chi connectivity index (χ3v) is 10.2. The molecule has 2 aromatic heterocycles. The molecule has 2 atom stereocenters. The first-order valence-corrected chi connectivity index (χ1v) is 16.3. The maximum atomic E-state index is 13.2. The minimum atomic E-state index is -4.22. The van der Waals surface area contributed by atoms with E-state index in [0.717, 1.165) is 0 Å². The zero-order valence-corrected chi connectivity index (χ0v) is 25.0. The molecule has 0 aliphatic heterocycles. The molecular weight excluding hydrogens is 583 g/mol. The number of methoxy groups -OCH3 is 1. The zero-order chi connectivity index (χ0) is 29.9. The van der Waals surface area contributed by atoms with Crippen molar-refractivity contribution in [1.29, 1.82) is 0 Å². The SMILES string of the molecule is CCn1nc(C(=O)NC[C@H]2CC[C@H](S(C)(=O)=O)CC2)c(Cl)c1-c1cnc(NC2CCCC(C(F)(F)F)C2)cc1OC. The molecule has 2 fully saturated rings. The average molecular weight is 620 g/mol. The number of anilines is 1. The minimum absolute atomic E-state index is 0.0126. The fourth-order valence-electron chi connectivity index (χ4n) is 5.85. The van der Waals surface area contributed by atoms with Crippen molar-refractivity contribution in [1.82, 2.24) is 20.1 Å². The summed E-state index contributed by atoms with van der Waals surface area (Å²) in [4.78, 5) is 17.5. The van der Waals surface area contributed by atoms with Gasteiger partial charge in [0.2, 0.25) is 0 Å². The van der Waals surface area contributed by atoms with Crippen LogP contribution in [0.25, 0.3) is 11.3 Å². The Balaban J connectivity index is 1.47. The van der Waals surface area contributed by atoms with Gasteiger partial charge >= 0.3 is 6.18 Å². The molecule has 14 heteroatoms. The molecule has 2 saturated carbocycles. The summed E-state index contributed by atoms with van der Waals surface area (Å²) in [5.74, 6) is -0.823. The number of aromatic nitrogens is 3. The molecule has 2 heterocycles. The lowest BCUT2D eigenvalue weighted by molar-refractivity contribution is -0.182. The van der Waals surface area contributed by atoms with Crippen LogP contribution in [0.4, 0.5) is 19.0 Å². The van der Waals surface area contributed by atoms with Gasteiger partial charge in [0.05, 0.1) is 34.6 Å². The first-order chi connectivity index (χ1) is 19.3. The average Bonchev–Trinajstić information content (AvgIpc) is 3.27. The van der Waals surface area contributed by atoms with Gasteiger partial charge in [0.1, 0.15) is 21.4 Å². The second-order valence-electron chi connectivity index (χ2n) is 11.0. The summed E-state index contributed by atoms with van der Waals surface area (Å²) in [7, 11) is -1.59. The van der Waals surface area contributed by atoms with E-state index in [-0.39, 0.29) is 40.8 Å². The molecule has 0 aromatic carbocycles. The molecule has 9 nitrogen and oxygen atoms in total. The lowest BCUT2D eigenvalue weighted by Crippen LogP contribution is -2.34. The number of alkyl halides is 3. The van der Waals surface area contributed by atoms with Gasteiger partial charge in [0, 0.05) is 37.7 Å². The predicted molar refractivity (Wildman–Crippen MR) is 151 cm³/mol. The number of sulfone groups is 1. The van der Waals surface area contributed by atoms with E-state index in [1.165, 1.54) is 19.6 Å². The highest BCUT2D eigenvalue weighted by molar-refractivity contribution is 7.91. The number of rotatable bonds is 9. The Labute approximate surface area is 243 Å². The van der Waals surface area contributed by atoms with Crippen molar-refractivity contribution in [3.8, 4) is 17.0 Å². The van der Waals surface area contributed by atoms with E-state index in [1.54, 1.807) is 10.7 Å². The Kier molecular flexibility index (Phi) is 9.77. The number of ether oxygens (including phenoxy) is 1. The van der Waals surface area contributed by atoms with Gasteiger partial charge in [-0.25, -0.2) is 13.4 Å². The number of amides is 1. The quantitative estimate of drug-likeness (QED) is 0.381. The lowest BCUT2D eigenvalue weighted by atomic mass is 9.85. The molecule has 41 heavy (non-hydrogen) atoms. The maximum absolute atomic E-state index is 13.2. The number of carbonyl (C=O) groups excluding carboxylic acids is 1. The van der Waals surface area contributed by atoms with E-state index in [2.05, 4.69) is 20.7 Å². The van der Waals surface area contributed by atoms with Crippen molar-refractivity contribution in [2.75, 3.05) is 25.2 Å². The van der Waals surface area contributed by atoms with Crippen molar-refractivity contribution >= 4 is 33.2 Å². The van der Waals surface area contributed by atoms with E-state index in [1.807, 2.05) is 6.92 Å². The van der Waals surface area contributed by atoms with Gasteiger partial charge in [-0.1, -0.05) is 18.0 Å². The lowest BCUT2D eigenvalue weighted by Gasteiger charge is -2.31. The zero-order valence-electron chi connectivity index (χ0n) is 23.4. The van der Waals surface area contributed by atoms with Crippen LogP contribution < -0.4 is 15.4 Å². The van der Waals surface area contributed by atoms with Gasteiger partial charge in [0.15, 0.2) is 5.69 Å². The minimum Gasteiger partial charge on any atom is -0.496 e. The number of nitrogens with zero attached hydrogens (tertiary/aromatic N) is 3. The third-order valence-electron chi connectivity index (χ3n) is 8.19. The topological polar surface area (TPSA) is 115 Å². The highest BCUT2D eigenvalue weighted by Gasteiger charge is 2.42. The number of pyridine rings is 1. The Bertz CT molecular complexity index is 1340. The van der Waals surface area contributed by atoms with Gasteiger partial charge in [-0.2, -0.15) is 18.3 Å². The summed E-state index contributed by atoms with van der Waals surface area (Å²) in [6, 6.07) is 1.25. The number of nitrogens with one attached hydrogen (secondary N) is 2. The van der Waals surface area contributed by atoms with Crippen molar-refractivity contribution in [2.45, 2.75) is 82.3 Å². The van der Waals surface area contributed by atoms with Crippen molar-refractivity contribution < 1.29 is 31.1 Å². The van der Waals surface area contributed by atoms with Crippen LogP contribution in [0.1, 0.15) is 68.8 Å². The van der Waals surface area contributed by atoms with Crippen LogP contribution in [0.5, 0.6) is 5.75 Å². The van der Waals surface area contributed by atoms with E-state index in [4.69, 9.17) is 16.3 Å². The normalized spacial score (nSPS) is 23.7. The smallest absolute Gasteiger partial charge is 0.391 e. The number of halogens is 4. The Hall–Kier alpha value is -2.54. The molecule has 2 aliphatic rings. The molecule has 2 aromatic rings. The molecule has 2 aliphatic carbocycles. The van der Waals surface area contributed by atoms with Crippen LogP contribution in [-0.2, 0) is 16.4 Å². The number of aryl methyl sites for hydroxylation is 1. The largest absolute Gasteiger partial charge is 0.496 e. The second kappa shape index (κ2) is 12.8. The summed E-state index contributed by atoms with van der Waals surface area (Å²) < 4.78 is 70.5. The Morgan fingerprint density at radius 1 is 1.20 bits per heavy atom. The fraction of sp³-hybridized carbons (Fsp3) is 0.667. The standard InChI is InChI=1S/C27H37ClF3N5O4S/c1-4-36-25(23(28)24(35-36)26(37)33-14-16-8-10-19(11-9-16)41(3,38)39)20-15-32-22(13-21(20)40-2)34-18-7-5-6-17(12-18)27(29,30)31/h13,15-19H,4-12,14H2,1-3H3,(H,32,34)(H,33,37)/t16-,17?,18?,19-. The summed E-state index contributed by atoms with van der Waals surface area (Å²) in [5.41, 5.74) is 0.990. The fourth-order valence-corrected chi connectivity index (χ4v) is 7.30. The van der Waals surface area contributed by atoms with E-state index >= 15 is 0 Å². The molecular formula is C27H37ClF3N5O4S. The molecule has 0 radical (unpaired) electrons. The second-order valence-corrected chi connectivity index (χ2v) is 13.7. The van der Waals surface area contributed by atoms with Crippen molar-refractivity contribution in [3.05, 3.63) is 23.0 Å². The molecule has 0 bridgehead atoms. The van der Waals surface area contributed by atoms with Crippen LogP contribution >= 0.6 is 11.6 Å². The van der Waals surface area contributed by atoms with E-state index in [9.17, 15) is 26.4 Å². The summed E-state index contributed by atoms with van der Waals surface area (Å²) in [5, 5.41) is 10.2. The molecule has 2 N–H and O–H groups in total. The summed E-state index contributed by atoms with van der Waals surface area (Å²) in [6.07, 6.45) is 2.36. The highest BCUT2D eigenvalue weighted by atomic mass is 35.5. The van der Waals surface area contributed by atoms with Crippen molar-refractivity contribution in [2.24, 2.45) is 11.8 Å². The highest BCUT2D eigenvalue weighted by Crippen LogP contribution is 2.40. The number of hydrogen-bond donors (Lipinski definition) is 2. The van der Waals surface area contributed by atoms with Crippen LogP contribution in [0.3, 0.4) is 0 Å². The van der Waals surface area contributed by atoms with Gasteiger partial charge in [-0.15, -0.1) is 0 Å². The van der Waals surface area contributed by atoms with Gasteiger partial charge in [-0.05, 0) is 57.8 Å². The Morgan fingerprint density at radius 2 is 1.90 bits per heavy atom.